The SMILES string of the molecule is OCC(NCC1CC1)c1cc(F)cc(Cl)c1. The van der Waals surface area contributed by atoms with Gasteiger partial charge in [-0.05, 0) is 49.1 Å². The normalized spacial score (nSPS) is 17.4. The first-order valence-corrected chi connectivity index (χ1v) is 5.87. The van der Waals surface area contributed by atoms with Crippen LogP contribution in [0.2, 0.25) is 5.02 Å². The number of hydrogen-bond acceptors (Lipinski definition) is 2. The minimum atomic E-state index is -0.367. The molecule has 1 unspecified atom stereocenters. The summed E-state index contributed by atoms with van der Waals surface area (Å²) in [5.41, 5.74) is 0.702. The van der Waals surface area contributed by atoms with E-state index in [0.29, 0.717) is 10.6 Å². The average molecular weight is 244 g/mol. The van der Waals surface area contributed by atoms with E-state index in [1.807, 2.05) is 0 Å². The average Bonchev–Trinajstić information content (AvgIpc) is 3.01. The summed E-state index contributed by atoms with van der Waals surface area (Å²) in [5.74, 6) is 0.354. The van der Waals surface area contributed by atoms with Crippen LogP contribution < -0.4 is 5.32 Å². The second-order valence-corrected chi connectivity index (χ2v) is 4.73. The van der Waals surface area contributed by atoms with Crippen LogP contribution in [0, 0.1) is 11.7 Å². The minimum Gasteiger partial charge on any atom is -0.394 e. The van der Waals surface area contributed by atoms with Gasteiger partial charge in [0.1, 0.15) is 5.82 Å². The van der Waals surface area contributed by atoms with Crippen molar-refractivity contribution in [3.8, 4) is 0 Å². The van der Waals surface area contributed by atoms with Gasteiger partial charge in [-0.1, -0.05) is 11.6 Å². The van der Waals surface area contributed by atoms with Crippen molar-refractivity contribution in [3.05, 3.63) is 34.6 Å². The molecule has 0 aromatic heterocycles. The molecule has 88 valence electrons. The summed E-state index contributed by atoms with van der Waals surface area (Å²) in [5, 5.41) is 12.9. The Labute approximate surface area is 99.4 Å². The van der Waals surface area contributed by atoms with Crippen molar-refractivity contribution in [1.29, 1.82) is 0 Å². The van der Waals surface area contributed by atoms with Gasteiger partial charge in [-0.2, -0.15) is 0 Å². The van der Waals surface area contributed by atoms with Gasteiger partial charge in [0, 0.05) is 5.02 Å². The third-order valence-electron chi connectivity index (χ3n) is 2.82. The van der Waals surface area contributed by atoms with Crippen molar-refractivity contribution in [1.82, 2.24) is 5.32 Å². The number of halogens is 2. The minimum absolute atomic E-state index is 0.0491. The zero-order valence-corrected chi connectivity index (χ0v) is 9.67. The monoisotopic (exact) mass is 243 g/mol. The molecule has 1 saturated carbocycles. The maximum absolute atomic E-state index is 13.1. The van der Waals surface area contributed by atoms with Crippen molar-refractivity contribution in [2.24, 2.45) is 5.92 Å². The van der Waals surface area contributed by atoms with Gasteiger partial charge in [0.05, 0.1) is 12.6 Å². The molecule has 4 heteroatoms. The summed E-state index contributed by atoms with van der Waals surface area (Å²) in [7, 11) is 0. The van der Waals surface area contributed by atoms with Crippen LogP contribution in [0.5, 0.6) is 0 Å². The molecule has 1 fully saturated rings. The summed E-state index contributed by atoms with van der Waals surface area (Å²) >= 11 is 5.78. The van der Waals surface area contributed by atoms with Gasteiger partial charge in [0.2, 0.25) is 0 Å². The summed E-state index contributed by atoms with van der Waals surface area (Å²) in [6.07, 6.45) is 2.49. The Morgan fingerprint density at radius 3 is 2.75 bits per heavy atom. The standard InChI is InChI=1S/C12H15ClFNO/c13-10-3-9(4-11(14)5-10)12(7-16)15-6-8-1-2-8/h3-5,8,12,15-16H,1-2,6-7H2. The van der Waals surface area contributed by atoms with Crippen LogP contribution in [0.4, 0.5) is 4.39 Å². The van der Waals surface area contributed by atoms with Gasteiger partial charge in [0.25, 0.3) is 0 Å². The van der Waals surface area contributed by atoms with E-state index in [0.717, 1.165) is 12.5 Å². The Balaban J connectivity index is 2.04. The molecule has 2 N–H and O–H groups in total. The topological polar surface area (TPSA) is 32.3 Å². The Hall–Kier alpha value is -0.640. The Bertz CT molecular complexity index is 348. The van der Waals surface area contributed by atoms with Crippen LogP contribution in [0.15, 0.2) is 18.2 Å². The number of hydrogen-bond donors (Lipinski definition) is 2. The molecule has 1 aliphatic rings. The van der Waals surface area contributed by atoms with Gasteiger partial charge in [-0.25, -0.2) is 4.39 Å². The molecule has 0 radical (unpaired) electrons. The quantitative estimate of drug-likeness (QED) is 0.833. The predicted octanol–water partition coefficient (Wildman–Crippen LogP) is 2.51. The molecule has 1 atom stereocenters. The molecule has 1 aromatic rings. The maximum atomic E-state index is 13.1. The van der Waals surface area contributed by atoms with Crippen molar-refractivity contribution >= 4 is 11.6 Å². The number of rotatable bonds is 5. The van der Waals surface area contributed by atoms with Gasteiger partial charge >= 0.3 is 0 Å². The number of benzene rings is 1. The van der Waals surface area contributed by atoms with Crippen molar-refractivity contribution in [3.63, 3.8) is 0 Å². The van der Waals surface area contributed by atoms with Crippen LogP contribution in [-0.4, -0.2) is 18.3 Å². The number of nitrogens with one attached hydrogen (secondary N) is 1. The van der Waals surface area contributed by atoms with E-state index in [-0.39, 0.29) is 18.5 Å². The highest BCUT2D eigenvalue weighted by atomic mass is 35.5. The van der Waals surface area contributed by atoms with Gasteiger partial charge in [-0.3, -0.25) is 0 Å². The molecule has 0 spiro atoms. The maximum Gasteiger partial charge on any atom is 0.125 e. The molecule has 16 heavy (non-hydrogen) atoms. The molecule has 1 aliphatic carbocycles. The van der Waals surface area contributed by atoms with Crippen LogP contribution in [0.1, 0.15) is 24.4 Å². The van der Waals surface area contributed by atoms with E-state index in [1.165, 1.54) is 25.0 Å². The fourth-order valence-electron chi connectivity index (χ4n) is 1.70. The molecular weight excluding hydrogens is 229 g/mol. The molecule has 0 aliphatic heterocycles. The molecule has 2 nitrogen and oxygen atoms in total. The van der Waals surface area contributed by atoms with E-state index < -0.39 is 0 Å². The fourth-order valence-corrected chi connectivity index (χ4v) is 1.93. The van der Waals surface area contributed by atoms with E-state index in [1.54, 1.807) is 6.07 Å². The zero-order chi connectivity index (χ0) is 11.5. The predicted molar refractivity (Wildman–Crippen MR) is 62.0 cm³/mol. The Kier molecular flexibility index (Phi) is 3.79. The third kappa shape index (κ3) is 3.17. The first-order valence-electron chi connectivity index (χ1n) is 5.49. The lowest BCUT2D eigenvalue weighted by Gasteiger charge is -2.16. The molecule has 2 rings (SSSR count). The second-order valence-electron chi connectivity index (χ2n) is 4.29. The van der Waals surface area contributed by atoms with E-state index >= 15 is 0 Å². The van der Waals surface area contributed by atoms with Crippen molar-refractivity contribution in [2.45, 2.75) is 18.9 Å². The van der Waals surface area contributed by atoms with E-state index in [9.17, 15) is 9.50 Å². The lowest BCUT2D eigenvalue weighted by atomic mass is 10.1. The molecule has 1 aromatic carbocycles. The number of aliphatic hydroxyl groups excluding tert-OH is 1. The Morgan fingerprint density at radius 2 is 2.19 bits per heavy atom. The van der Waals surface area contributed by atoms with Gasteiger partial charge in [0.15, 0.2) is 0 Å². The molecule has 0 heterocycles. The van der Waals surface area contributed by atoms with E-state index in [2.05, 4.69) is 5.32 Å². The smallest absolute Gasteiger partial charge is 0.125 e. The first kappa shape index (κ1) is 11.8. The van der Waals surface area contributed by atoms with Gasteiger partial charge in [-0.15, -0.1) is 0 Å². The van der Waals surface area contributed by atoms with Crippen molar-refractivity contribution < 1.29 is 9.50 Å². The van der Waals surface area contributed by atoms with Crippen molar-refractivity contribution in [2.75, 3.05) is 13.2 Å². The van der Waals surface area contributed by atoms with E-state index in [4.69, 9.17) is 11.6 Å². The van der Waals surface area contributed by atoms with Gasteiger partial charge < -0.3 is 10.4 Å². The lowest BCUT2D eigenvalue weighted by molar-refractivity contribution is 0.243. The highest BCUT2D eigenvalue weighted by molar-refractivity contribution is 6.30. The highest BCUT2D eigenvalue weighted by Gasteiger charge is 2.22. The molecule has 0 bridgehead atoms. The van der Waals surface area contributed by atoms with Crippen LogP contribution in [0.3, 0.4) is 0 Å². The van der Waals surface area contributed by atoms with Crippen LogP contribution in [-0.2, 0) is 0 Å². The summed E-state index contributed by atoms with van der Waals surface area (Å²) in [6.45, 7) is 0.825. The molecule has 0 saturated heterocycles. The molecular formula is C12H15ClFNO. The zero-order valence-electron chi connectivity index (χ0n) is 8.92. The Morgan fingerprint density at radius 1 is 1.44 bits per heavy atom. The summed E-state index contributed by atoms with van der Waals surface area (Å²) in [4.78, 5) is 0. The van der Waals surface area contributed by atoms with Crippen LogP contribution >= 0.6 is 11.6 Å². The largest absolute Gasteiger partial charge is 0.394 e. The highest BCUT2D eigenvalue weighted by Crippen LogP contribution is 2.29. The summed E-state index contributed by atoms with van der Waals surface area (Å²) in [6, 6.07) is 4.13. The molecule has 0 amide bonds. The fraction of sp³-hybridized carbons (Fsp3) is 0.500. The summed E-state index contributed by atoms with van der Waals surface area (Å²) < 4.78 is 13.1. The van der Waals surface area contributed by atoms with Crippen LogP contribution in [0.25, 0.3) is 0 Å². The number of aliphatic hydroxyl groups is 1. The lowest BCUT2D eigenvalue weighted by Crippen LogP contribution is -2.26. The third-order valence-corrected chi connectivity index (χ3v) is 3.04. The second kappa shape index (κ2) is 5.13. The first-order chi connectivity index (χ1) is 7.69.